The first-order valence-electron chi connectivity index (χ1n) is 7.08. The Hall–Kier alpha value is -1.08. The molecular formula is C13H22N4O2S. The van der Waals surface area contributed by atoms with Crippen LogP contribution in [0.1, 0.15) is 41.9 Å². The maximum absolute atomic E-state index is 11.9. The van der Waals surface area contributed by atoms with Gasteiger partial charge in [0.05, 0.1) is 19.3 Å². The van der Waals surface area contributed by atoms with Gasteiger partial charge in [-0.2, -0.15) is 11.8 Å². The van der Waals surface area contributed by atoms with Gasteiger partial charge in [0, 0.05) is 11.7 Å². The molecule has 7 heteroatoms. The van der Waals surface area contributed by atoms with Crippen molar-refractivity contribution in [2.24, 2.45) is 0 Å². The van der Waals surface area contributed by atoms with Gasteiger partial charge in [-0.1, -0.05) is 12.1 Å². The van der Waals surface area contributed by atoms with Crippen LogP contribution in [0.3, 0.4) is 0 Å². The van der Waals surface area contributed by atoms with Crippen molar-refractivity contribution in [1.29, 1.82) is 0 Å². The molecule has 1 aromatic heterocycles. The number of rotatable bonds is 6. The van der Waals surface area contributed by atoms with Gasteiger partial charge in [-0.15, -0.1) is 5.10 Å². The van der Waals surface area contributed by atoms with Crippen LogP contribution in [0.2, 0.25) is 0 Å². The third-order valence-electron chi connectivity index (χ3n) is 3.53. The standard InChI is InChI=1S/C13H22N4O2S/c1-3-20-9-8-17-12(10-4-6-14-7-5-10)11(15-16-17)13(18)19-2/h10,14H,3-9H2,1-2H3. The van der Waals surface area contributed by atoms with Crippen molar-refractivity contribution in [3.05, 3.63) is 11.4 Å². The van der Waals surface area contributed by atoms with Crippen molar-refractivity contribution < 1.29 is 9.53 Å². The summed E-state index contributed by atoms with van der Waals surface area (Å²) in [6, 6.07) is 0. The van der Waals surface area contributed by atoms with Crippen LogP contribution < -0.4 is 5.32 Å². The number of thioether (sulfide) groups is 1. The van der Waals surface area contributed by atoms with Gasteiger partial charge in [0.25, 0.3) is 0 Å². The van der Waals surface area contributed by atoms with Gasteiger partial charge in [-0.3, -0.25) is 0 Å². The van der Waals surface area contributed by atoms with E-state index in [1.807, 2.05) is 16.4 Å². The molecule has 0 aliphatic carbocycles. The van der Waals surface area contributed by atoms with E-state index in [4.69, 9.17) is 4.74 Å². The van der Waals surface area contributed by atoms with Crippen LogP contribution in [0.5, 0.6) is 0 Å². The third-order valence-corrected chi connectivity index (χ3v) is 4.41. The zero-order chi connectivity index (χ0) is 14.4. The summed E-state index contributed by atoms with van der Waals surface area (Å²) in [6.45, 7) is 4.88. The van der Waals surface area contributed by atoms with Crippen LogP contribution in [0.15, 0.2) is 0 Å². The summed E-state index contributed by atoms with van der Waals surface area (Å²) in [6.07, 6.45) is 2.02. The molecule has 6 nitrogen and oxygen atoms in total. The predicted octanol–water partition coefficient (Wildman–Crippen LogP) is 1.28. The molecule has 0 bridgehead atoms. The molecule has 2 heterocycles. The van der Waals surface area contributed by atoms with Crippen molar-refractivity contribution in [2.45, 2.75) is 32.2 Å². The van der Waals surface area contributed by atoms with E-state index in [9.17, 15) is 4.79 Å². The lowest BCUT2D eigenvalue weighted by Crippen LogP contribution is -2.29. The molecule has 0 atom stereocenters. The Bertz CT molecular complexity index is 444. The molecule has 2 rings (SSSR count). The molecule has 1 N–H and O–H groups in total. The molecule has 0 saturated carbocycles. The van der Waals surface area contributed by atoms with Crippen LogP contribution >= 0.6 is 11.8 Å². The molecule has 1 fully saturated rings. The van der Waals surface area contributed by atoms with E-state index in [2.05, 4.69) is 22.6 Å². The van der Waals surface area contributed by atoms with E-state index in [0.717, 1.165) is 49.7 Å². The van der Waals surface area contributed by atoms with Crippen molar-refractivity contribution in [1.82, 2.24) is 20.3 Å². The fraction of sp³-hybridized carbons (Fsp3) is 0.769. The molecule has 1 aromatic rings. The van der Waals surface area contributed by atoms with Crippen molar-refractivity contribution in [3.8, 4) is 0 Å². The number of aryl methyl sites for hydroxylation is 1. The highest BCUT2D eigenvalue weighted by atomic mass is 32.2. The zero-order valence-corrected chi connectivity index (χ0v) is 12.9. The number of piperidine rings is 1. The summed E-state index contributed by atoms with van der Waals surface area (Å²) in [5, 5.41) is 11.6. The van der Waals surface area contributed by atoms with E-state index in [1.165, 1.54) is 7.11 Å². The lowest BCUT2D eigenvalue weighted by molar-refractivity contribution is 0.0591. The van der Waals surface area contributed by atoms with Gasteiger partial charge in [-0.25, -0.2) is 9.48 Å². The third kappa shape index (κ3) is 3.52. The number of methoxy groups -OCH3 is 1. The Morgan fingerprint density at radius 1 is 1.50 bits per heavy atom. The Morgan fingerprint density at radius 2 is 2.25 bits per heavy atom. The minimum atomic E-state index is -0.382. The zero-order valence-electron chi connectivity index (χ0n) is 12.1. The first kappa shape index (κ1) is 15.3. The largest absolute Gasteiger partial charge is 0.464 e. The molecule has 0 amide bonds. The summed E-state index contributed by atoms with van der Waals surface area (Å²) in [4.78, 5) is 11.9. The van der Waals surface area contributed by atoms with Gasteiger partial charge in [-0.05, 0) is 31.7 Å². The van der Waals surface area contributed by atoms with E-state index < -0.39 is 0 Å². The quantitative estimate of drug-likeness (QED) is 0.630. The van der Waals surface area contributed by atoms with Crippen LogP contribution in [-0.4, -0.2) is 52.7 Å². The first-order chi connectivity index (χ1) is 9.77. The fourth-order valence-electron chi connectivity index (χ4n) is 2.52. The second kappa shape index (κ2) is 7.64. The number of hydrogen-bond acceptors (Lipinski definition) is 6. The molecule has 20 heavy (non-hydrogen) atoms. The van der Waals surface area contributed by atoms with E-state index >= 15 is 0 Å². The topological polar surface area (TPSA) is 69.0 Å². The maximum Gasteiger partial charge on any atom is 0.360 e. The molecular weight excluding hydrogens is 276 g/mol. The summed E-state index contributed by atoms with van der Waals surface area (Å²) in [7, 11) is 1.39. The summed E-state index contributed by atoms with van der Waals surface area (Å²) < 4.78 is 6.72. The average Bonchev–Trinajstić information content (AvgIpc) is 2.91. The van der Waals surface area contributed by atoms with Crippen LogP contribution in [0.25, 0.3) is 0 Å². The minimum Gasteiger partial charge on any atom is -0.464 e. The Balaban J connectivity index is 2.21. The van der Waals surface area contributed by atoms with Crippen LogP contribution in [0, 0.1) is 0 Å². The number of esters is 1. The second-order valence-electron chi connectivity index (χ2n) is 4.76. The molecule has 0 radical (unpaired) electrons. The summed E-state index contributed by atoms with van der Waals surface area (Å²) >= 11 is 1.86. The summed E-state index contributed by atoms with van der Waals surface area (Å²) in [5.74, 6) is 2.03. The fourth-order valence-corrected chi connectivity index (χ4v) is 3.11. The number of ether oxygens (including phenoxy) is 1. The lowest BCUT2D eigenvalue weighted by Gasteiger charge is -2.23. The second-order valence-corrected chi connectivity index (χ2v) is 6.15. The van der Waals surface area contributed by atoms with Crippen LogP contribution in [0.4, 0.5) is 0 Å². The Morgan fingerprint density at radius 3 is 2.90 bits per heavy atom. The highest BCUT2D eigenvalue weighted by Gasteiger charge is 2.28. The SMILES string of the molecule is CCSCCn1nnc(C(=O)OC)c1C1CCNCC1. The molecule has 0 unspecified atom stereocenters. The van der Waals surface area contributed by atoms with E-state index in [0.29, 0.717) is 11.6 Å². The predicted molar refractivity (Wildman–Crippen MR) is 79.2 cm³/mol. The first-order valence-corrected chi connectivity index (χ1v) is 8.23. The lowest BCUT2D eigenvalue weighted by atomic mass is 9.93. The maximum atomic E-state index is 11.9. The Kier molecular flexibility index (Phi) is 5.85. The summed E-state index contributed by atoms with van der Waals surface area (Å²) in [5.41, 5.74) is 1.34. The monoisotopic (exact) mass is 298 g/mol. The molecule has 112 valence electrons. The van der Waals surface area contributed by atoms with Crippen molar-refractivity contribution in [3.63, 3.8) is 0 Å². The van der Waals surface area contributed by atoms with E-state index in [1.54, 1.807) is 0 Å². The number of nitrogens with zero attached hydrogens (tertiary/aromatic N) is 3. The van der Waals surface area contributed by atoms with Crippen molar-refractivity contribution in [2.75, 3.05) is 31.7 Å². The average molecular weight is 298 g/mol. The highest BCUT2D eigenvalue weighted by Crippen LogP contribution is 2.27. The van der Waals surface area contributed by atoms with Gasteiger partial charge in [0.15, 0.2) is 5.69 Å². The number of carbonyl (C=O) groups is 1. The van der Waals surface area contributed by atoms with E-state index in [-0.39, 0.29) is 5.97 Å². The van der Waals surface area contributed by atoms with Gasteiger partial charge < -0.3 is 10.1 Å². The number of carbonyl (C=O) groups excluding carboxylic acids is 1. The highest BCUT2D eigenvalue weighted by molar-refractivity contribution is 7.99. The van der Waals surface area contributed by atoms with Crippen molar-refractivity contribution >= 4 is 17.7 Å². The molecule has 1 aliphatic heterocycles. The number of aromatic nitrogens is 3. The van der Waals surface area contributed by atoms with Gasteiger partial charge in [0.2, 0.25) is 0 Å². The molecule has 1 aliphatic rings. The smallest absolute Gasteiger partial charge is 0.360 e. The molecule has 1 saturated heterocycles. The number of nitrogens with one attached hydrogen (secondary N) is 1. The van der Waals surface area contributed by atoms with Gasteiger partial charge in [0.1, 0.15) is 0 Å². The van der Waals surface area contributed by atoms with Gasteiger partial charge >= 0.3 is 5.97 Å². The Labute approximate surface area is 123 Å². The number of hydrogen-bond donors (Lipinski definition) is 1. The van der Waals surface area contributed by atoms with Crippen LogP contribution in [-0.2, 0) is 11.3 Å². The molecule has 0 aromatic carbocycles. The normalized spacial score (nSPS) is 16.3. The minimum absolute atomic E-state index is 0.340. The molecule has 0 spiro atoms.